The Hall–Kier alpha value is -3.81. The predicted molar refractivity (Wildman–Crippen MR) is 83.7 cm³/mol. The molecular formula is C15H11FN8O2. The minimum absolute atomic E-state index is 0.0764. The van der Waals surface area contributed by atoms with Crippen LogP contribution in [0.15, 0.2) is 36.8 Å². The van der Waals surface area contributed by atoms with E-state index in [1.54, 1.807) is 16.9 Å². The van der Waals surface area contributed by atoms with Crippen molar-refractivity contribution in [3.8, 4) is 11.8 Å². The minimum atomic E-state index is -0.607. The first kappa shape index (κ1) is 15.7. The normalized spacial score (nSPS) is 16.5. The molecule has 1 atom stereocenters. The van der Waals surface area contributed by atoms with Crippen molar-refractivity contribution >= 4 is 11.8 Å². The van der Waals surface area contributed by atoms with E-state index < -0.39 is 18.0 Å². The van der Waals surface area contributed by atoms with E-state index in [-0.39, 0.29) is 17.9 Å². The van der Waals surface area contributed by atoms with Crippen LogP contribution in [0.2, 0.25) is 0 Å². The number of nitrogens with zero attached hydrogens (tertiary/aromatic N) is 8. The third kappa shape index (κ3) is 2.84. The highest BCUT2D eigenvalue weighted by molar-refractivity contribution is 5.89. The Bertz CT molecular complexity index is 993. The number of hydrogen-bond acceptors (Lipinski definition) is 7. The van der Waals surface area contributed by atoms with Crippen LogP contribution in [0.5, 0.6) is 0 Å². The van der Waals surface area contributed by atoms with Crippen molar-refractivity contribution in [3.63, 3.8) is 0 Å². The number of cyclic esters (lactones) is 1. The van der Waals surface area contributed by atoms with E-state index in [1.165, 1.54) is 29.4 Å². The van der Waals surface area contributed by atoms with Gasteiger partial charge < -0.3 is 4.74 Å². The quantitative estimate of drug-likeness (QED) is 0.683. The van der Waals surface area contributed by atoms with Gasteiger partial charge in [0.25, 0.3) is 0 Å². The summed E-state index contributed by atoms with van der Waals surface area (Å²) in [6, 6.07) is 6.07. The molecule has 11 heteroatoms. The molecule has 1 amide bonds. The second kappa shape index (κ2) is 6.25. The monoisotopic (exact) mass is 354 g/mol. The van der Waals surface area contributed by atoms with Crippen LogP contribution in [0.25, 0.3) is 5.69 Å². The van der Waals surface area contributed by atoms with Gasteiger partial charge >= 0.3 is 6.09 Å². The average Bonchev–Trinajstić information content (AvgIpc) is 3.36. The predicted octanol–water partition coefficient (Wildman–Crippen LogP) is 0.895. The summed E-state index contributed by atoms with van der Waals surface area (Å²) in [5, 5.41) is 23.6. The number of nitriles is 1. The zero-order valence-electron chi connectivity index (χ0n) is 13.2. The molecule has 4 rings (SSSR count). The van der Waals surface area contributed by atoms with Crippen LogP contribution in [0, 0.1) is 17.1 Å². The van der Waals surface area contributed by atoms with Gasteiger partial charge in [-0.1, -0.05) is 10.4 Å². The maximum absolute atomic E-state index is 14.5. The molecule has 130 valence electrons. The molecular weight excluding hydrogens is 343 g/mol. The first-order valence-corrected chi connectivity index (χ1v) is 7.58. The molecule has 3 aromatic rings. The summed E-state index contributed by atoms with van der Waals surface area (Å²) in [7, 11) is 0. The van der Waals surface area contributed by atoms with Crippen LogP contribution < -0.4 is 4.90 Å². The van der Waals surface area contributed by atoms with E-state index in [0.717, 1.165) is 4.68 Å². The number of anilines is 1. The maximum Gasteiger partial charge on any atom is 0.414 e. The molecule has 0 saturated carbocycles. The Balaban J connectivity index is 1.53. The van der Waals surface area contributed by atoms with Gasteiger partial charge in [-0.25, -0.2) is 18.5 Å². The number of halogens is 1. The van der Waals surface area contributed by atoms with Crippen LogP contribution in [-0.2, 0) is 11.3 Å². The largest absolute Gasteiger partial charge is 0.442 e. The van der Waals surface area contributed by atoms with Gasteiger partial charge in [-0.3, -0.25) is 4.90 Å². The van der Waals surface area contributed by atoms with E-state index >= 15 is 0 Å². The van der Waals surface area contributed by atoms with Crippen molar-refractivity contribution < 1.29 is 13.9 Å². The summed E-state index contributed by atoms with van der Waals surface area (Å²) in [5.41, 5.74) is 0.556. The fourth-order valence-electron chi connectivity index (χ4n) is 2.65. The van der Waals surface area contributed by atoms with Gasteiger partial charge in [0, 0.05) is 6.20 Å². The molecule has 0 radical (unpaired) electrons. The molecule has 3 heterocycles. The average molecular weight is 354 g/mol. The standard InChI is InChI=1S/C15H11FN8O2/c16-13-5-11(1-2-14(13)24-7-10(6-17)19-21-24)23-9-12(26-15(23)25)8-22-4-3-18-20-22/h1-5,7,12H,8-9H2/t12-/m0/s1. The number of aromatic nitrogens is 6. The van der Waals surface area contributed by atoms with Crippen LogP contribution >= 0.6 is 0 Å². The molecule has 0 bridgehead atoms. The number of ether oxygens (including phenoxy) is 1. The third-order valence-electron chi connectivity index (χ3n) is 3.83. The summed E-state index contributed by atoms with van der Waals surface area (Å²) in [5.74, 6) is -0.607. The fourth-order valence-corrected chi connectivity index (χ4v) is 2.65. The highest BCUT2D eigenvalue weighted by atomic mass is 19.1. The number of hydrogen-bond donors (Lipinski definition) is 0. The van der Waals surface area contributed by atoms with Crippen LogP contribution in [-0.4, -0.2) is 48.7 Å². The molecule has 1 saturated heterocycles. The molecule has 0 aliphatic carbocycles. The highest BCUT2D eigenvalue weighted by Crippen LogP contribution is 2.25. The van der Waals surface area contributed by atoms with Crippen molar-refractivity contribution in [1.82, 2.24) is 30.0 Å². The lowest BCUT2D eigenvalue weighted by molar-refractivity contribution is 0.129. The van der Waals surface area contributed by atoms with Gasteiger partial charge in [0.1, 0.15) is 17.9 Å². The second-order valence-corrected chi connectivity index (χ2v) is 5.54. The van der Waals surface area contributed by atoms with Gasteiger partial charge in [0.2, 0.25) is 0 Å². The van der Waals surface area contributed by atoms with Crippen LogP contribution in [0.4, 0.5) is 14.9 Å². The van der Waals surface area contributed by atoms with Crippen molar-refractivity contribution in [1.29, 1.82) is 5.26 Å². The van der Waals surface area contributed by atoms with E-state index in [9.17, 15) is 9.18 Å². The summed E-state index contributed by atoms with van der Waals surface area (Å²) in [6.07, 6.45) is 3.54. The first-order chi connectivity index (χ1) is 12.6. The van der Waals surface area contributed by atoms with E-state index in [2.05, 4.69) is 20.6 Å². The molecule has 1 aliphatic rings. The Labute approximate surface area is 146 Å². The fraction of sp³-hybridized carbons (Fsp3) is 0.200. The van der Waals surface area contributed by atoms with Gasteiger partial charge in [0.15, 0.2) is 11.5 Å². The number of benzene rings is 1. The highest BCUT2D eigenvalue weighted by Gasteiger charge is 2.33. The summed E-state index contributed by atoms with van der Waals surface area (Å²) < 4.78 is 22.5. The van der Waals surface area contributed by atoms with E-state index in [1.807, 2.05) is 6.07 Å². The molecule has 0 spiro atoms. The number of carbonyl (C=O) groups is 1. The Morgan fingerprint density at radius 2 is 2.27 bits per heavy atom. The number of rotatable bonds is 4. The van der Waals surface area contributed by atoms with E-state index in [0.29, 0.717) is 12.2 Å². The lowest BCUT2D eigenvalue weighted by Crippen LogP contribution is -2.26. The first-order valence-electron chi connectivity index (χ1n) is 7.58. The lowest BCUT2D eigenvalue weighted by atomic mass is 10.2. The van der Waals surface area contributed by atoms with Gasteiger partial charge in [0.05, 0.1) is 31.2 Å². The molecule has 1 aliphatic heterocycles. The van der Waals surface area contributed by atoms with Gasteiger partial charge in [-0.2, -0.15) is 5.26 Å². The van der Waals surface area contributed by atoms with Gasteiger partial charge in [-0.05, 0) is 18.2 Å². The minimum Gasteiger partial charge on any atom is -0.442 e. The number of carbonyl (C=O) groups excluding carboxylic acids is 1. The van der Waals surface area contributed by atoms with E-state index in [4.69, 9.17) is 10.00 Å². The van der Waals surface area contributed by atoms with Crippen molar-refractivity contribution in [2.24, 2.45) is 0 Å². The zero-order chi connectivity index (χ0) is 18.1. The zero-order valence-corrected chi connectivity index (χ0v) is 13.2. The molecule has 0 unspecified atom stereocenters. The smallest absolute Gasteiger partial charge is 0.414 e. The molecule has 2 aromatic heterocycles. The van der Waals surface area contributed by atoms with Crippen molar-refractivity contribution in [2.45, 2.75) is 12.6 Å². The van der Waals surface area contributed by atoms with Gasteiger partial charge in [-0.15, -0.1) is 10.2 Å². The molecule has 1 fully saturated rings. The summed E-state index contributed by atoms with van der Waals surface area (Å²) >= 11 is 0. The number of amides is 1. The molecule has 0 N–H and O–H groups in total. The third-order valence-corrected chi connectivity index (χ3v) is 3.83. The van der Waals surface area contributed by atoms with Crippen molar-refractivity contribution in [3.05, 3.63) is 48.3 Å². The van der Waals surface area contributed by atoms with Crippen LogP contribution in [0.1, 0.15) is 5.69 Å². The Morgan fingerprint density at radius 1 is 1.38 bits per heavy atom. The maximum atomic E-state index is 14.5. The topological polar surface area (TPSA) is 115 Å². The second-order valence-electron chi connectivity index (χ2n) is 5.54. The SMILES string of the molecule is N#Cc1cn(-c2ccc(N3C[C@H](Cn4ccnn4)OC3=O)cc2F)nn1. The lowest BCUT2D eigenvalue weighted by Gasteiger charge is -2.14. The summed E-state index contributed by atoms with van der Waals surface area (Å²) in [6.45, 7) is 0.623. The van der Waals surface area contributed by atoms with Crippen molar-refractivity contribution in [2.75, 3.05) is 11.4 Å². The molecule has 26 heavy (non-hydrogen) atoms. The molecule has 1 aromatic carbocycles. The summed E-state index contributed by atoms with van der Waals surface area (Å²) in [4.78, 5) is 13.4. The Kier molecular flexibility index (Phi) is 3.77. The van der Waals surface area contributed by atoms with Crippen LogP contribution in [0.3, 0.4) is 0 Å². The molecule has 10 nitrogen and oxygen atoms in total. The Morgan fingerprint density at radius 3 is 2.96 bits per heavy atom.